The minimum Gasteiger partial charge on any atom is -0.340 e. The van der Waals surface area contributed by atoms with Gasteiger partial charge in [-0.15, -0.1) is 11.3 Å². The predicted molar refractivity (Wildman–Crippen MR) is 81.4 cm³/mol. The van der Waals surface area contributed by atoms with Crippen LogP contribution in [0.4, 0.5) is 0 Å². The van der Waals surface area contributed by atoms with Gasteiger partial charge in [0.2, 0.25) is 0 Å². The van der Waals surface area contributed by atoms with Gasteiger partial charge in [-0.2, -0.15) is 0 Å². The van der Waals surface area contributed by atoms with Crippen LogP contribution >= 0.6 is 27.3 Å². The molecule has 1 heterocycles. The van der Waals surface area contributed by atoms with Gasteiger partial charge in [0.25, 0.3) is 5.91 Å². The molecule has 0 fully saturated rings. The molecule has 2 aromatic rings. The van der Waals surface area contributed by atoms with Crippen LogP contribution in [0.25, 0.3) is 0 Å². The fourth-order valence-corrected chi connectivity index (χ4v) is 3.04. The number of amides is 1. The number of nitrogens with one attached hydrogen (secondary N) is 1. The highest BCUT2D eigenvalue weighted by Gasteiger charge is 2.29. The number of thiazole rings is 1. The number of hydrogen-bond donors (Lipinski definition) is 1. The van der Waals surface area contributed by atoms with E-state index in [0.29, 0.717) is 5.56 Å². The summed E-state index contributed by atoms with van der Waals surface area (Å²) in [5.74, 6) is -0.0907. The van der Waals surface area contributed by atoms with Crippen molar-refractivity contribution in [2.45, 2.75) is 25.8 Å². The van der Waals surface area contributed by atoms with Crippen LogP contribution in [0.3, 0.4) is 0 Å². The average Bonchev–Trinajstić information content (AvgIpc) is 2.93. The van der Waals surface area contributed by atoms with Crippen molar-refractivity contribution in [3.8, 4) is 0 Å². The summed E-state index contributed by atoms with van der Waals surface area (Å²) in [6, 6.07) is 7.41. The summed E-state index contributed by atoms with van der Waals surface area (Å²) in [4.78, 5) is 16.7. The highest BCUT2D eigenvalue weighted by atomic mass is 79.9. The van der Waals surface area contributed by atoms with E-state index in [2.05, 4.69) is 26.2 Å². The summed E-state index contributed by atoms with van der Waals surface area (Å²) in [5, 5.41) is 5.93. The van der Waals surface area contributed by atoms with Crippen LogP contribution in [0, 0.1) is 0 Å². The van der Waals surface area contributed by atoms with E-state index < -0.39 is 5.54 Å². The third-order valence-corrected chi connectivity index (χ3v) is 4.85. The summed E-state index contributed by atoms with van der Waals surface area (Å²) in [6.07, 6.45) is 2.55. The Morgan fingerprint density at radius 2 is 2.21 bits per heavy atom. The SMILES string of the molecule is CC[C@](C)(NC(=O)c1ccccc1Br)c1nccs1. The van der Waals surface area contributed by atoms with Crippen molar-refractivity contribution in [3.05, 3.63) is 50.9 Å². The lowest BCUT2D eigenvalue weighted by Crippen LogP contribution is -2.43. The maximum atomic E-state index is 12.4. The van der Waals surface area contributed by atoms with Gasteiger partial charge >= 0.3 is 0 Å². The number of carbonyl (C=O) groups excluding carboxylic acids is 1. The van der Waals surface area contributed by atoms with Gasteiger partial charge in [-0.25, -0.2) is 4.98 Å². The molecule has 19 heavy (non-hydrogen) atoms. The molecule has 0 bridgehead atoms. The number of aromatic nitrogens is 1. The Balaban J connectivity index is 2.25. The van der Waals surface area contributed by atoms with Crippen molar-refractivity contribution in [3.63, 3.8) is 0 Å². The molecule has 2 rings (SSSR count). The second-order valence-corrected chi connectivity index (χ2v) is 6.21. The Morgan fingerprint density at radius 1 is 1.47 bits per heavy atom. The molecule has 1 N–H and O–H groups in total. The largest absolute Gasteiger partial charge is 0.340 e. The number of halogens is 1. The molecule has 1 aromatic carbocycles. The number of hydrogen-bond acceptors (Lipinski definition) is 3. The zero-order valence-corrected chi connectivity index (χ0v) is 13.2. The molecule has 1 aromatic heterocycles. The average molecular weight is 339 g/mol. The fourth-order valence-electron chi connectivity index (χ4n) is 1.75. The van der Waals surface area contributed by atoms with Crippen molar-refractivity contribution < 1.29 is 4.79 Å². The van der Waals surface area contributed by atoms with E-state index in [4.69, 9.17) is 0 Å². The minimum absolute atomic E-state index is 0.0907. The molecule has 1 amide bonds. The van der Waals surface area contributed by atoms with E-state index in [9.17, 15) is 4.79 Å². The Morgan fingerprint density at radius 3 is 2.79 bits per heavy atom. The molecule has 100 valence electrons. The molecule has 0 aliphatic carbocycles. The van der Waals surface area contributed by atoms with Crippen molar-refractivity contribution in [1.29, 1.82) is 0 Å². The molecule has 0 spiro atoms. The Hall–Kier alpha value is -1.20. The maximum absolute atomic E-state index is 12.4. The number of carbonyl (C=O) groups is 1. The third kappa shape index (κ3) is 3.04. The van der Waals surface area contributed by atoms with Crippen LogP contribution in [0.2, 0.25) is 0 Å². The van der Waals surface area contributed by atoms with E-state index in [-0.39, 0.29) is 5.91 Å². The summed E-state index contributed by atoms with van der Waals surface area (Å²) in [6.45, 7) is 4.04. The predicted octanol–water partition coefficient (Wildman–Crippen LogP) is 3.96. The summed E-state index contributed by atoms with van der Waals surface area (Å²) < 4.78 is 0.796. The van der Waals surface area contributed by atoms with Crippen molar-refractivity contribution >= 4 is 33.2 Å². The van der Waals surface area contributed by atoms with Crippen LogP contribution in [-0.2, 0) is 5.54 Å². The van der Waals surface area contributed by atoms with Crippen molar-refractivity contribution in [2.75, 3.05) is 0 Å². The molecule has 5 heteroatoms. The number of nitrogens with zero attached hydrogens (tertiary/aromatic N) is 1. The Kier molecular flexibility index (Phi) is 4.37. The second kappa shape index (κ2) is 5.84. The highest BCUT2D eigenvalue weighted by molar-refractivity contribution is 9.10. The molecule has 1 atom stereocenters. The molecule has 0 aliphatic rings. The normalized spacial score (nSPS) is 13.8. The smallest absolute Gasteiger partial charge is 0.253 e. The first kappa shape index (κ1) is 14.2. The van der Waals surface area contributed by atoms with Gasteiger partial charge in [0.1, 0.15) is 5.01 Å². The van der Waals surface area contributed by atoms with Gasteiger partial charge in [-0.3, -0.25) is 4.79 Å². The summed E-state index contributed by atoms with van der Waals surface area (Å²) in [7, 11) is 0. The van der Waals surface area contributed by atoms with E-state index in [1.807, 2.05) is 37.4 Å². The standard InChI is InChI=1S/C14H15BrN2OS/c1-3-14(2,13-16-8-9-19-13)17-12(18)10-6-4-5-7-11(10)15/h4-9H,3H2,1-2H3,(H,17,18)/t14-/m0/s1. The van der Waals surface area contributed by atoms with Gasteiger partial charge < -0.3 is 5.32 Å². The molecule has 3 nitrogen and oxygen atoms in total. The molecule has 0 aliphatic heterocycles. The van der Waals surface area contributed by atoms with Gasteiger partial charge in [0.15, 0.2) is 0 Å². The number of benzene rings is 1. The fraction of sp³-hybridized carbons (Fsp3) is 0.286. The molecular formula is C14H15BrN2OS. The van der Waals surface area contributed by atoms with Gasteiger partial charge in [-0.1, -0.05) is 19.1 Å². The minimum atomic E-state index is -0.430. The van der Waals surface area contributed by atoms with Crippen LogP contribution in [0.15, 0.2) is 40.3 Å². The highest BCUT2D eigenvalue weighted by Crippen LogP contribution is 2.27. The molecular weight excluding hydrogens is 324 g/mol. The molecule has 0 saturated heterocycles. The van der Waals surface area contributed by atoms with Gasteiger partial charge in [-0.05, 0) is 41.4 Å². The Labute approximate surface area is 125 Å². The Bertz CT molecular complexity index is 571. The lowest BCUT2D eigenvalue weighted by atomic mass is 9.99. The maximum Gasteiger partial charge on any atom is 0.253 e. The third-order valence-electron chi connectivity index (χ3n) is 3.12. The van der Waals surface area contributed by atoms with E-state index in [0.717, 1.165) is 15.9 Å². The van der Waals surface area contributed by atoms with Crippen LogP contribution < -0.4 is 5.32 Å². The monoisotopic (exact) mass is 338 g/mol. The lowest BCUT2D eigenvalue weighted by Gasteiger charge is -2.27. The van der Waals surface area contributed by atoms with E-state index in [1.54, 1.807) is 23.6 Å². The first-order chi connectivity index (χ1) is 9.07. The molecule has 0 radical (unpaired) electrons. The molecule has 0 unspecified atom stereocenters. The molecule has 0 saturated carbocycles. The van der Waals surface area contributed by atoms with E-state index >= 15 is 0 Å². The quantitative estimate of drug-likeness (QED) is 0.916. The lowest BCUT2D eigenvalue weighted by molar-refractivity contribution is 0.0901. The zero-order chi connectivity index (χ0) is 13.9. The van der Waals surface area contributed by atoms with Gasteiger partial charge in [0, 0.05) is 16.0 Å². The summed E-state index contributed by atoms with van der Waals surface area (Å²) in [5.41, 5.74) is 0.208. The van der Waals surface area contributed by atoms with Gasteiger partial charge in [0.05, 0.1) is 11.1 Å². The summed E-state index contributed by atoms with van der Waals surface area (Å²) >= 11 is 4.96. The first-order valence-electron chi connectivity index (χ1n) is 6.04. The van der Waals surface area contributed by atoms with Crippen LogP contribution in [-0.4, -0.2) is 10.9 Å². The van der Waals surface area contributed by atoms with Crippen LogP contribution in [0.5, 0.6) is 0 Å². The zero-order valence-electron chi connectivity index (χ0n) is 10.8. The van der Waals surface area contributed by atoms with Crippen molar-refractivity contribution in [2.24, 2.45) is 0 Å². The number of rotatable bonds is 4. The topological polar surface area (TPSA) is 42.0 Å². The first-order valence-corrected chi connectivity index (χ1v) is 7.71. The van der Waals surface area contributed by atoms with E-state index in [1.165, 1.54) is 0 Å². The van der Waals surface area contributed by atoms with Crippen molar-refractivity contribution in [1.82, 2.24) is 10.3 Å². The second-order valence-electron chi connectivity index (χ2n) is 4.46. The van der Waals surface area contributed by atoms with Crippen LogP contribution in [0.1, 0.15) is 35.6 Å².